The minimum absolute atomic E-state index is 0.0842. The molecule has 0 bridgehead atoms. The number of rotatable bonds is 7. The molecule has 7 nitrogen and oxygen atoms in total. The first-order valence-electron chi connectivity index (χ1n) is 8.62. The highest BCUT2D eigenvalue weighted by Crippen LogP contribution is 2.31. The Balaban J connectivity index is 1.80. The fourth-order valence-corrected chi connectivity index (χ4v) is 4.88. The van der Waals surface area contributed by atoms with E-state index in [0.717, 1.165) is 24.5 Å². The summed E-state index contributed by atoms with van der Waals surface area (Å²) in [7, 11) is -0.345. The SMILES string of the molecule is COCCn1c(C)cnc1C1CCN(S(=O)(=O)c2cccc(OC)c2)C1. The third kappa shape index (κ3) is 3.62. The quantitative estimate of drug-likeness (QED) is 0.736. The van der Waals surface area contributed by atoms with Crippen LogP contribution in [0.1, 0.15) is 23.9 Å². The van der Waals surface area contributed by atoms with E-state index in [1.165, 1.54) is 11.4 Å². The van der Waals surface area contributed by atoms with Crippen molar-refractivity contribution >= 4 is 10.0 Å². The Morgan fingerprint density at radius 1 is 1.31 bits per heavy atom. The predicted molar refractivity (Wildman–Crippen MR) is 98.0 cm³/mol. The molecule has 0 radical (unpaired) electrons. The van der Waals surface area contributed by atoms with Crippen LogP contribution in [0.15, 0.2) is 35.4 Å². The lowest BCUT2D eigenvalue weighted by atomic mass is 10.1. The van der Waals surface area contributed by atoms with Crippen LogP contribution >= 0.6 is 0 Å². The van der Waals surface area contributed by atoms with Gasteiger partial charge in [-0.15, -0.1) is 0 Å². The van der Waals surface area contributed by atoms with Crippen molar-refractivity contribution in [2.24, 2.45) is 0 Å². The van der Waals surface area contributed by atoms with Gasteiger partial charge in [0.05, 0.1) is 18.6 Å². The summed E-state index contributed by atoms with van der Waals surface area (Å²) < 4.78 is 39.9. The summed E-state index contributed by atoms with van der Waals surface area (Å²) >= 11 is 0. The molecule has 2 aromatic rings. The van der Waals surface area contributed by atoms with E-state index in [2.05, 4.69) is 9.55 Å². The number of sulfonamides is 1. The van der Waals surface area contributed by atoms with Crippen LogP contribution in [0, 0.1) is 6.92 Å². The maximum atomic E-state index is 13.0. The summed E-state index contributed by atoms with van der Waals surface area (Å²) in [6.45, 7) is 4.24. The van der Waals surface area contributed by atoms with E-state index in [9.17, 15) is 8.42 Å². The van der Waals surface area contributed by atoms with Gasteiger partial charge in [0.2, 0.25) is 10.0 Å². The Bertz CT molecular complexity index is 863. The van der Waals surface area contributed by atoms with Crippen LogP contribution in [0.25, 0.3) is 0 Å². The number of nitrogens with zero attached hydrogens (tertiary/aromatic N) is 3. The zero-order valence-corrected chi connectivity index (χ0v) is 16.2. The molecule has 1 aromatic heterocycles. The third-order valence-electron chi connectivity index (χ3n) is 4.80. The van der Waals surface area contributed by atoms with Gasteiger partial charge in [0.15, 0.2) is 0 Å². The Morgan fingerprint density at radius 2 is 2.12 bits per heavy atom. The topological polar surface area (TPSA) is 73.7 Å². The number of benzene rings is 1. The smallest absolute Gasteiger partial charge is 0.243 e. The minimum atomic E-state index is -3.54. The van der Waals surface area contributed by atoms with Gasteiger partial charge in [-0.1, -0.05) is 6.07 Å². The zero-order valence-electron chi connectivity index (χ0n) is 15.4. The van der Waals surface area contributed by atoms with Gasteiger partial charge in [-0.3, -0.25) is 0 Å². The van der Waals surface area contributed by atoms with Crippen LogP contribution in [-0.2, 0) is 21.3 Å². The van der Waals surface area contributed by atoms with Crippen molar-refractivity contribution in [2.75, 3.05) is 33.9 Å². The van der Waals surface area contributed by atoms with E-state index >= 15 is 0 Å². The van der Waals surface area contributed by atoms with Crippen molar-refractivity contribution in [2.45, 2.75) is 30.7 Å². The molecule has 0 aliphatic carbocycles. The summed E-state index contributed by atoms with van der Waals surface area (Å²) in [5.74, 6) is 1.55. The summed E-state index contributed by atoms with van der Waals surface area (Å²) in [5, 5.41) is 0. The van der Waals surface area contributed by atoms with Crippen molar-refractivity contribution in [1.82, 2.24) is 13.9 Å². The van der Waals surface area contributed by atoms with Gasteiger partial charge >= 0.3 is 0 Å². The second-order valence-electron chi connectivity index (χ2n) is 6.43. The second kappa shape index (κ2) is 7.77. The van der Waals surface area contributed by atoms with E-state index in [1.54, 1.807) is 31.4 Å². The number of methoxy groups -OCH3 is 2. The van der Waals surface area contributed by atoms with Crippen LogP contribution in [0.3, 0.4) is 0 Å². The maximum absolute atomic E-state index is 13.0. The van der Waals surface area contributed by atoms with Crippen LogP contribution in [0.2, 0.25) is 0 Å². The largest absolute Gasteiger partial charge is 0.497 e. The molecule has 2 heterocycles. The van der Waals surface area contributed by atoms with Crippen molar-refractivity contribution in [3.05, 3.63) is 42.0 Å². The van der Waals surface area contributed by atoms with Crippen molar-refractivity contribution in [1.29, 1.82) is 0 Å². The zero-order chi connectivity index (χ0) is 18.7. The molecule has 142 valence electrons. The average Bonchev–Trinajstić information content (AvgIpc) is 3.27. The molecule has 1 aliphatic heterocycles. The number of aryl methyl sites for hydroxylation is 1. The molecular formula is C18H25N3O4S. The molecule has 1 atom stereocenters. The summed E-state index contributed by atoms with van der Waals surface area (Å²) in [6, 6.07) is 6.60. The maximum Gasteiger partial charge on any atom is 0.243 e. The molecule has 0 saturated carbocycles. The molecule has 1 saturated heterocycles. The van der Waals surface area contributed by atoms with E-state index in [1.807, 2.05) is 13.1 Å². The lowest BCUT2D eigenvalue weighted by Gasteiger charge is -2.18. The van der Waals surface area contributed by atoms with Gasteiger partial charge in [0, 0.05) is 50.6 Å². The third-order valence-corrected chi connectivity index (χ3v) is 6.66. The number of hydrogen-bond donors (Lipinski definition) is 0. The molecule has 0 spiro atoms. The molecule has 3 rings (SSSR count). The molecule has 0 N–H and O–H groups in total. The fraction of sp³-hybridized carbons (Fsp3) is 0.500. The molecule has 1 aliphatic rings. The lowest BCUT2D eigenvalue weighted by molar-refractivity contribution is 0.185. The van der Waals surface area contributed by atoms with Gasteiger partial charge in [0.1, 0.15) is 11.6 Å². The molecule has 1 aromatic carbocycles. The molecule has 1 fully saturated rings. The van der Waals surface area contributed by atoms with Crippen molar-refractivity contribution in [3.63, 3.8) is 0 Å². The normalized spacial score (nSPS) is 18.3. The van der Waals surface area contributed by atoms with Crippen LogP contribution in [0.5, 0.6) is 5.75 Å². The fourth-order valence-electron chi connectivity index (χ4n) is 3.35. The summed E-state index contributed by atoms with van der Waals surface area (Å²) in [5.41, 5.74) is 1.06. The van der Waals surface area contributed by atoms with Crippen LogP contribution in [0.4, 0.5) is 0 Å². The first-order valence-corrected chi connectivity index (χ1v) is 10.1. The minimum Gasteiger partial charge on any atom is -0.497 e. The van der Waals surface area contributed by atoms with Gasteiger partial charge in [-0.25, -0.2) is 13.4 Å². The summed E-state index contributed by atoms with van der Waals surface area (Å²) in [6.07, 6.45) is 2.59. The first kappa shape index (κ1) is 18.9. The second-order valence-corrected chi connectivity index (χ2v) is 8.37. The van der Waals surface area contributed by atoms with E-state index in [4.69, 9.17) is 9.47 Å². The molecular weight excluding hydrogens is 354 g/mol. The highest BCUT2D eigenvalue weighted by Gasteiger charge is 2.35. The monoisotopic (exact) mass is 379 g/mol. The number of aromatic nitrogens is 2. The Kier molecular flexibility index (Phi) is 5.64. The number of hydrogen-bond acceptors (Lipinski definition) is 5. The Morgan fingerprint density at radius 3 is 2.85 bits per heavy atom. The van der Waals surface area contributed by atoms with E-state index in [0.29, 0.717) is 25.4 Å². The van der Waals surface area contributed by atoms with Gasteiger partial charge in [-0.2, -0.15) is 4.31 Å². The highest BCUT2D eigenvalue weighted by atomic mass is 32.2. The molecule has 26 heavy (non-hydrogen) atoms. The number of ether oxygens (including phenoxy) is 2. The standard InChI is InChI=1S/C18H25N3O4S/c1-14-12-19-18(21(14)9-10-24-2)15-7-8-20(13-15)26(22,23)17-6-4-5-16(11-17)25-3/h4-6,11-12,15H,7-10,13H2,1-3H3. The Hall–Kier alpha value is -1.90. The van der Waals surface area contributed by atoms with Crippen molar-refractivity contribution < 1.29 is 17.9 Å². The van der Waals surface area contributed by atoms with Gasteiger partial charge in [0.25, 0.3) is 0 Å². The first-order chi connectivity index (χ1) is 12.5. The van der Waals surface area contributed by atoms with Crippen molar-refractivity contribution in [3.8, 4) is 5.75 Å². The van der Waals surface area contributed by atoms with Gasteiger partial charge < -0.3 is 14.0 Å². The molecule has 8 heteroatoms. The molecule has 0 amide bonds. The average molecular weight is 379 g/mol. The van der Waals surface area contributed by atoms with Crippen LogP contribution < -0.4 is 4.74 Å². The van der Waals surface area contributed by atoms with Gasteiger partial charge in [-0.05, 0) is 25.5 Å². The molecule has 1 unspecified atom stereocenters. The Labute approximate surface area is 154 Å². The van der Waals surface area contributed by atoms with E-state index < -0.39 is 10.0 Å². The van der Waals surface area contributed by atoms with Crippen LogP contribution in [-0.4, -0.2) is 56.2 Å². The van der Waals surface area contributed by atoms with E-state index in [-0.39, 0.29) is 10.8 Å². The number of imidazole rings is 1. The summed E-state index contributed by atoms with van der Waals surface area (Å²) in [4.78, 5) is 4.79. The lowest BCUT2D eigenvalue weighted by Crippen LogP contribution is -2.29. The predicted octanol–water partition coefficient (Wildman–Crippen LogP) is 2.02. The highest BCUT2D eigenvalue weighted by molar-refractivity contribution is 7.89.